The van der Waals surface area contributed by atoms with E-state index in [1.807, 2.05) is 18.2 Å². The lowest BCUT2D eigenvalue weighted by Gasteiger charge is -2.32. The van der Waals surface area contributed by atoms with Crippen LogP contribution in [-0.2, 0) is 0 Å². The van der Waals surface area contributed by atoms with Crippen molar-refractivity contribution in [1.29, 1.82) is 0 Å². The lowest BCUT2D eigenvalue weighted by atomic mass is 9.87. The van der Waals surface area contributed by atoms with E-state index >= 15 is 0 Å². The number of piperidine rings is 1. The van der Waals surface area contributed by atoms with Gasteiger partial charge in [-0.1, -0.05) is 45.4 Å². The molecule has 0 radical (unpaired) electrons. The maximum Gasteiger partial charge on any atom is 0.193 e. The molecule has 4 heteroatoms. The maximum atomic E-state index is 12.9. The Hall–Kier alpha value is -1.81. The predicted molar refractivity (Wildman–Crippen MR) is 123 cm³/mol. The van der Waals surface area contributed by atoms with Gasteiger partial charge in [0.15, 0.2) is 5.43 Å². The highest BCUT2D eigenvalue weighted by molar-refractivity contribution is 5.78. The average molecular weight is 412 g/mol. The summed E-state index contributed by atoms with van der Waals surface area (Å²) in [5.41, 5.74) is 0.745. The van der Waals surface area contributed by atoms with Crippen LogP contribution < -0.4 is 15.5 Å². The minimum atomic E-state index is 0.0561. The van der Waals surface area contributed by atoms with Gasteiger partial charge in [-0.3, -0.25) is 4.79 Å². The van der Waals surface area contributed by atoms with E-state index in [0.29, 0.717) is 22.9 Å². The Morgan fingerprint density at radius 3 is 2.67 bits per heavy atom. The van der Waals surface area contributed by atoms with E-state index in [2.05, 4.69) is 12.2 Å². The maximum absolute atomic E-state index is 12.9. The molecule has 2 fully saturated rings. The monoisotopic (exact) mass is 411 g/mol. The van der Waals surface area contributed by atoms with Crippen molar-refractivity contribution < 1.29 is 9.15 Å². The van der Waals surface area contributed by atoms with E-state index in [0.717, 1.165) is 43.7 Å². The summed E-state index contributed by atoms with van der Waals surface area (Å²) in [5.74, 6) is 2.05. The molecule has 164 valence electrons. The lowest BCUT2D eigenvalue weighted by Crippen LogP contribution is -2.45. The van der Waals surface area contributed by atoms with Gasteiger partial charge in [0.25, 0.3) is 0 Å². The van der Waals surface area contributed by atoms with Crippen molar-refractivity contribution in [2.75, 3.05) is 6.54 Å². The molecule has 1 N–H and O–H groups in total. The number of rotatable bonds is 8. The Morgan fingerprint density at radius 1 is 1.07 bits per heavy atom. The molecule has 0 spiro atoms. The summed E-state index contributed by atoms with van der Waals surface area (Å²) in [6, 6.07) is 7.92. The fourth-order valence-corrected chi connectivity index (χ4v) is 5.12. The fourth-order valence-electron chi connectivity index (χ4n) is 5.12. The van der Waals surface area contributed by atoms with Crippen molar-refractivity contribution in [2.24, 2.45) is 0 Å². The Kier molecular flexibility index (Phi) is 7.48. The summed E-state index contributed by atoms with van der Waals surface area (Å²) in [7, 11) is 0. The predicted octanol–water partition coefficient (Wildman–Crippen LogP) is 6.31. The third-order valence-electron chi connectivity index (χ3n) is 6.90. The zero-order valence-electron chi connectivity index (χ0n) is 18.5. The summed E-state index contributed by atoms with van der Waals surface area (Å²) in [5, 5.41) is 4.29. The quantitative estimate of drug-likeness (QED) is 0.517. The summed E-state index contributed by atoms with van der Waals surface area (Å²) in [6.45, 7) is 3.31. The van der Waals surface area contributed by atoms with Crippen molar-refractivity contribution in [1.82, 2.24) is 5.32 Å². The van der Waals surface area contributed by atoms with Crippen LogP contribution in [-0.4, -0.2) is 18.7 Å². The normalized spacial score (nSPS) is 21.6. The van der Waals surface area contributed by atoms with Gasteiger partial charge in [0.05, 0.1) is 5.39 Å². The molecule has 0 bridgehead atoms. The molecule has 1 aromatic carbocycles. The van der Waals surface area contributed by atoms with Crippen LogP contribution in [0.3, 0.4) is 0 Å². The Bertz CT molecular complexity index is 862. The van der Waals surface area contributed by atoms with Gasteiger partial charge in [-0.25, -0.2) is 0 Å². The third-order valence-corrected chi connectivity index (χ3v) is 6.90. The second-order valence-corrected chi connectivity index (χ2v) is 9.21. The van der Waals surface area contributed by atoms with Gasteiger partial charge in [-0.05, 0) is 63.3 Å². The molecule has 2 heterocycles. The summed E-state index contributed by atoms with van der Waals surface area (Å²) < 4.78 is 12.6. The Balaban J connectivity index is 1.53. The van der Waals surface area contributed by atoms with Gasteiger partial charge < -0.3 is 14.5 Å². The SMILES string of the molecule is CCCCCC(Oc1ccc2oc(C3CCCCC3)cc(=O)c2c1)C1CCCCN1. The van der Waals surface area contributed by atoms with Gasteiger partial charge >= 0.3 is 0 Å². The van der Waals surface area contributed by atoms with E-state index in [1.54, 1.807) is 6.07 Å². The number of unbranched alkanes of at least 4 members (excludes halogenated alkanes) is 2. The first-order valence-corrected chi connectivity index (χ1v) is 12.2. The number of benzene rings is 1. The second-order valence-electron chi connectivity index (χ2n) is 9.21. The zero-order valence-corrected chi connectivity index (χ0v) is 18.5. The lowest BCUT2D eigenvalue weighted by molar-refractivity contribution is 0.125. The van der Waals surface area contributed by atoms with Crippen molar-refractivity contribution in [3.8, 4) is 5.75 Å². The van der Waals surface area contributed by atoms with E-state index in [9.17, 15) is 4.79 Å². The summed E-state index contributed by atoms with van der Waals surface area (Å²) in [6.07, 6.45) is 14.5. The molecule has 1 aliphatic carbocycles. The minimum absolute atomic E-state index is 0.0561. The Labute approximate surface area is 180 Å². The van der Waals surface area contributed by atoms with Gasteiger partial charge in [0, 0.05) is 18.0 Å². The van der Waals surface area contributed by atoms with Crippen LogP contribution in [0.1, 0.15) is 95.7 Å². The fraction of sp³-hybridized carbons (Fsp3) is 0.654. The molecule has 1 saturated heterocycles. The molecular weight excluding hydrogens is 374 g/mol. The highest BCUT2D eigenvalue weighted by Crippen LogP contribution is 2.33. The molecule has 4 rings (SSSR count). The molecule has 1 aromatic heterocycles. The highest BCUT2D eigenvalue weighted by atomic mass is 16.5. The first-order valence-electron chi connectivity index (χ1n) is 12.2. The van der Waals surface area contributed by atoms with Crippen LogP contribution in [0.4, 0.5) is 0 Å². The van der Waals surface area contributed by atoms with Crippen molar-refractivity contribution in [2.45, 2.75) is 102 Å². The zero-order chi connectivity index (χ0) is 20.8. The van der Waals surface area contributed by atoms with Crippen molar-refractivity contribution in [3.63, 3.8) is 0 Å². The van der Waals surface area contributed by atoms with Crippen molar-refractivity contribution >= 4 is 11.0 Å². The number of hydrogen-bond donors (Lipinski definition) is 1. The molecule has 2 aliphatic rings. The second kappa shape index (κ2) is 10.5. The van der Waals surface area contributed by atoms with Crippen LogP contribution in [0, 0.1) is 0 Å². The molecule has 30 heavy (non-hydrogen) atoms. The van der Waals surface area contributed by atoms with Crippen LogP contribution in [0.25, 0.3) is 11.0 Å². The highest BCUT2D eigenvalue weighted by Gasteiger charge is 2.25. The third kappa shape index (κ3) is 5.26. The molecule has 0 amide bonds. The van der Waals surface area contributed by atoms with Crippen molar-refractivity contribution in [3.05, 3.63) is 40.2 Å². The molecule has 2 aromatic rings. The Morgan fingerprint density at radius 2 is 1.90 bits per heavy atom. The van der Waals surface area contributed by atoms with Crippen LogP contribution >= 0.6 is 0 Å². The van der Waals surface area contributed by atoms with Gasteiger partial charge in [0.1, 0.15) is 23.2 Å². The summed E-state index contributed by atoms with van der Waals surface area (Å²) >= 11 is 0. The molecule has 1 aliphatic heterocycles. The smallest absolute Gasteiger partial charge is 0.193 e. The topological polar surface area (TPSA) is 51.5 Å². The molecule has 2 atom stereocenters. The van der Waals surface area contributed by atoms with Gasteiger partial charge in [-0.15, -0.1) is 0 Å². The van der Waals surface area contributed by atoms with E-state index in [4.69, 9.17) is 9.15 Å². The first-order chi connectivity index (χ1) is 14.7. The van der Waals surface area contributed by atoms with Crippen LogP contribution in [0.15, 0.2) is 33.5 Å². The van der Waals surface area contributed by atoms with Gasteiger partial charge in [0.2, 0.25) is 0 Å². The molecule has 2 unspecified atom stereocenters. The van der Waals surface area contributed by atoms with Gasteiger partial charge in [-0.2, -0.15) is 0 Å². The number of nitrogens with one attached hydrogen (secondary N) is 1. The number of fused-ring (bicyclic) bond motifs is 1. The minimum Gasteiger partial charge on any atom is -0.489 e. The first kappa shape index (κ1) is 21.4. The van der Waals surface area contributed by atoms with E-state index in [1.165, 1.54) is 51.4 Å². The standard InChI is InChI=1S/C26H37NO3/c1-2-3-5-13-25(22-12-8-9-16-27-22)29-20-14-15-24-21(17-20)23(28)18-26(30-24)19-10-6-4-7-11-19/h14-15,17-19,22,25,27H,2-13,16H2,1H3. The summed E-state index contributed by atoms with van der Waals surface area (Å²) in [4.78, 5) is 12.9. The molecule has 1 saturated carbocycles. The van der Waals surface area contributed by atoms with Crippen LogP contribution in [0.5, 0.6) is 5.75 Å². The molecule has 4 nitrogen and oxygen atoms in total. The van der Waals surface area contributed by atoms with E-state index < -0.39 is 0 Å². The van der Waals surface area contributed by atoms with Crippen LogP contribution in [0.2, 0.25) is 0 Å². The number of hydrogen-bond acceptors (Lipinski definition) is 4. The average Bonchev–Trinajstić information content (AvgIpc) is 2.80. The number of ether oxygens (including phenoxy) is 1. The van der Waals surface area contributed by atoms with E-state index in [-0.39, 0.29) is 11.5 Å². The largest absolute Gasteiger partial charge is 0.489 e. The molecular formula is C26H37NO3.